The Hall–Kier alpha value is -2.87. The predicted octanol–water partition coefficient (Wildman–Crippen LogP) is 4.41. The van der Waals surface area contributed by atoms with Crippen LogP contribution in [0.1, 0.15) is 19.4 Å². The summed E-state index contributed by atoms with van der Waals surface area (Å²) in [6.07, 6.45) is 0. The van der Waals surface area contributed by atoms with E-state index in [1.54, 1.807) is 18.2 Å². The summed E-state index contributed by atoms with van der Waals surface area (Å²) in [5.74, 6) is -2.27. The van der Waals surface area contributed by atoms with E-state index in [2.05, 4.69) is 0 Å². The van der Waals surface area contributed by atoms with Crippen LogP contribution < -0.4 is 14.4 Å². The van der Waals surface area contributed by atoms with Crippen molar-refractivity contribution in [2.45, 2.75) is 19.1 Å². The highest BCUT2D eigenvalue weighted by Crippen LogP contribution is 2.42. The molecule has 0 bridgehead atoms. The van der Waals surface area contributed by atoms with Gasteiger partial charge in [-0.05, 0) is 29.8 Å². The first kappa shape index (κ1) is 20.9. The van der Waals surface area contributed by atoms with Crippen molar-refractivity contribution in [2.24, 2.45) is 0 Å². The van der Waals surface area contributed by atoms with Gasteiger partial charge in [0, 0.05) is 11.3 Å². The Morgan fingerprint density at radius 3 is 2.21 bits per heavy atom. The summed E-state index contributed by atoms with van der Waals surface area (Å²) in [5, 5.41) is -0.00471. The number of anilines is 1. The van der Waals surface area contributed by atoms with Crippen LogP contribution in [-0.4, -0.2) is 31.3 Å². The van der Waals surface area contributed by atoms with E-state index in [0.717, 1.165) is 17.0 Å². The number of methoxy groups -OCH3 is 2. The first-order valence-electron chi connectivity index (χ1n) is 8.75. The van der Waals surface area contributed by atoms with Crippen LogP contribution in [0.25, 0.3) is 5.57 Å². The molecule has 0 saturated heterocycles. The quantitative estimate of drug-likeness (QED) is 0.650. The first-order chi connectivity index (χ1) is 13.8. The largest absolute Gasteiger partial charge is 0.493 e. The van der Waals surface area contributed by atoms with Gasteiger partial charge in [-0.1, -0.05) is 19.9 Å². The smallest absolute Gasteiger partial charge is 0.272 e. The molecule has 0 fully saturated rings. The van der Waals surface area contributed by atoms with Gasteiger partial charge in [-0.3, -0.25) is 9.59 Å². The third kappa shape index (κ3) is 3.85. The molecule has 0 atom stereocenters. The average Bonchev–Trinajstić information content (AvgIpc) is 2.91. The molecule has 152 valence electrons. The van der Waals surface area contributed by atoms with Crippen LogP contribution in [0.15, 0.2) is 41.3 Å². The summed E-state index contributed by atoms with van der Waals surface area (Å²) in [6.45, 7) is 3.76. The molecule has 3 rings (SSSR count). The molecule has 0 aliphatic carbocycles. The highest BCUT2D eigenvalue weighted by atomic mass is 32.2. The standard InChI is InChI=1S/C21H19F2NO4S/c1-11(2)29-19-18(12-5-8-16(27-3)17(9-12)28-4)20(25)24(21(19)26)15-7-6-13(22)10-14(15)23/h5-11H,1-4H3. The van der Waals surface area contributed by atoms with E-state index in [4.69, 9.17) is 9.47 Å². The maximum absolute atomic E-state index is 14.3. The van der Waals surface area contributed by atoms with E-state index < -0.39 is 23.4 Å². The van der Waals surface area contributed by atoms with E-state index in [1.165, 1.54) is 26.0 Å². The minimum absolute atomic E-state index is 0.00471. The Balaban J connectivity index is 2.15. The Bertz CT molecular complexity index is 1020. The number of benzene rings is 2. The second-order valence-corrected chi connectivity index (χ2v) is 8.07. The monoisotopic (exact) mass is 419 g/mol. The molecule has 1 aliphatic heterocycles. The van der Waals surface area contributed by atoms with Crippen molar-refractivity contribution in [1.82, 2.24) is 0 Å². The summed E-state index contributed by atoms with van der Waals surface area (Å²) in [6, 6.07) is 7.56. The van der Waals surface area contributed by atoms with Crippen LogP contribution in [0.2, 0.25) is 0 Å². The lowest BCUT2D eigenvalue weighted by molar-refractivity contribution is -0.119. The van der Waals surface area contributed by atoms with Gasteiger partial charge < -0.3 is 9.47 Å². The Morgan fingerprint density at radius 1 is 0.931 bits per heavy atom. The van der Waals surface area contributed by atoms with Crippen LogP contribution in [0.4, 0.5) is 14.5 Å². The number of amides is 2. The molecule has 0 saturated carbocycles. The molecule has 8 heteroatoms. The van der Waals surface area contributed by atoms with Gasteiger partial charge in [-0.25, -0.2) is 13.7 Å². The molecule has 0 radical (unpaired) electrons. The van der Waals surface area contributed by atoms with Crippen molar-refractivity contribution in [1.29, 1.82) is 0 Å². The molecule has 5 nitrogen and oxygen atoms in total. The maximum Gasteiger partial charge on any atom is 0.272 e. The molecule has 0 spiro atoms. The molecule has 0 N–H and O–H groups in total. The molecule has 1 aliphatic rings. The SMILES string of the molecule is COc1ccc(C2=C(SC(C)C)C(=O)N(c3ccc(F)cc3F)C2=O)cc1OC. The molecule has 0 aromatic heterocycles. The summed E-state index contributed by atoms with van der Waals surface area (Å²) in [7, 11) is 2.95. The van der Waals surface area contributed by atoms with Crippen molar-refractivity contribution in [3.8, 4) is 11.5 Å². The van der Waals surface area contributed by atoms with Gasteiger partial charge in [0.05, 0.1) is 30.4 Å². The number of carbonyl (C=O) groups is 2. The Morgan fingerprint density at radius 2 is 1.62 bits per heavy atom. The topological polar surface area (TPSA) is 55.8 Å². The van der Waals surface area contributed by atoms with Gasteiger partial charge in [-0.2, -0.15) is 0 Å². The molecule has 2 aromatic carbocycles. The summed E-state index contributed by atoms with van der Waals surface area (Å²) in [5.41, 5.74) is 0.284. The van der Waals surface area contributed by atoms with Crippen LogP contribution >= 0.6 is 11.8 Å². The number of carbonyl (C=O) groups excluding carboxylic acids is 2. The average molecular weight is 419 g/mol. The van der Waals surface area contributed by atoms with Gasteiger partial charge in [0.25, 0.3) is 11.8 Å². The highest BCUT2D eigenvalue weighted by Gasteiger charge is 2.41. The molecular weight excluding hydrogens is 400 g/mol. The van der Waals surface area contributed by atoms with E-state index in [9.17, 15) is 18.4 Å². The number of thioether (sulfide) groups is 1. The summed E-state index contributed by atoms with van der Waals surface area (Å²) in [4.78, 5) is 27.2. The van der Waals surface area contributed by atoms with E-state index in [1.807, 2.05) is 13.8 Å². The number of hydrogen-bond acceptors (Lipinski definition) is 5. The van der Waals surface area contributed by atoms with Gasteiger partial charge in [0.2, 0.25) is 0 Å². The lowest BCUT2D eigenvalue weighted by atomic mass is 10.1. The summed E-state index contributed by atoms with van der Waals surface area (Å²) < 4.78 is 38.2. The van der Waals surface area contributed by atoms with E-state index in [0.29, 0.717) is 23.1 Å². The number of imide groups is 1. The zero-order chi connectivity index (χ0) is 21.3. The lowest BCUT2D eigenvalue weighted by Gasteiger charge is -2.16. The van der Waals surface area contributed by atoms with Crippen molar-refractivity contribution >= 4 is 34.8 Å². The van der Waals surface area contributed by atoms with Crippen LogP contribution in [0.5, 0.6) is 11.5 Å². The number of nitrogens with zero attached hydrogens (tertiary/aromatic N) is 1. The zero-order valence-electron chi connectivity index (χ0n) is 16.3. The number of hydrogen-bond donors (Lipinski definition) is 0. The molecular formula is C21H19F2NO4S. The minimum atomic E-state index is -0.992. The second-order valence-electron chi connectivity index (χ2n) is 6.48. The highest BCUT2D eigenvalue weighted by molar-refractivity contribution is 8.04. The van der Waals surface area contributed by atoms with Crippen molar-refractivity contribution < 1.29 is 27.8 Å². The molecule has 2 aromatic rings. The Labute approximate surface area is 171 Å². The lowest BCUT2D eigenvalue weighted by Crippen LogP contribution is -2.32. The normalized spacial score (nSPS) is 14.2. The molecule has 1 heterocycles. The minimum Gasteiger partial charge on any atom is -0.493 e. The third-order valence-corrected chi connectivity index (χ3v) is 5.30. The van der Waals surface area contributed by atoms with Crippen LogP contribution in [0, 0.1) is 11.6 Å². The van der Waals surface area contributed by atoms with Crippen LogP contribution in [0.3, 0.4) is 0 Å². The zero-order valence-corrected chi connectivity index (χ0v) is 17.1. The fourth-order valence-corrected chi connectivity index (χ4v) is 3.97. The molecule has 0 unspecified atom stereocenters. The van der Waals surface area contributed by atoms with Gasteiger partial charge in [0.15, 0.2) is 11.5 Å². The second kappa shape index (κ2) is 8.24. The Kier molecular flexibility index (Phi) is 5.93. The van der Waals surface area contributed by atoms with E-state index in [-0.39, 0.29) is 21.4 Å². The molecule has 29 heavy (non-hydrogen) atoms. The third-order valence-electron chi connectivity index (χ3n) is 4.22. The van der Waals surface area contributed by atoms with E-state index >= 15 is 0 Å². The van der Waals surface area contributed by atoms with Gasteiger partial charge in [-0.15, -0.1) is 11.8 Å². The fourth-order valence-electron chi connectivity index (χ4n) is 2.98. The summed E-state index contributed by atoms with van der Waals surface area (Å²) >= 11 is 1.21. The van der Waals surface area contributed by atoms with Gasteiger partial charge in [0.1, 0.15) is 11.6 Å². The number of ether oxygens (including phenoxy) is 2. The number of halogens is 2. The van der Waals surface area contributed by atoms with Crippen molar-refractivity contribution in [2.75, 3.05) is 19.1 Å². The van der Waals surface area contributed by atoms with Crippen molar-refractivity contribution in [3.63, 3.8) is 0 Å². The van der Waals surface area contributed by atoms with Gasteiger partial charge >= 0.3 is 0 Å². The molecule has 2 amide bonds. The van der Waals surface area contributed by atoms with Crippen molar-refractivity contribution in [3.05, 3.63) is 58.5 Å². The maximum atomic E-state index is 14.3. The number of rotatable bonds is 6. The predicted molar refractivity (Wildman–Crippen MR) is 108 cm³/mol. The van der Waals surface area contributed by atoms with Crippen LogP contribution in [-0.2, 0) is 9.59 Å². The fraction of sp³-hybridized carbons (Fsp3) is 0.238. The first-order valence-corrected chi connectivity index (χ1v) is 9.63.